The highest BCUT2D eigenvalue weighted by Crippen LogP contribution is 2.30. The lowest BCUT2D eigenvalue weighted by Crippen LogP contribution is -2.23. The zero-order valence-electron chi connectivity index (χ0n) is 9.77. The van der Waals surface area contributed by atoms with Crippen molar-refractivity contribution < 1.29 is 5.11 Å². The summed E-state index contributed by atoms with van der Waals surface area (Å²) >= 11 is 4.98. The smallest absolute Gasteiger partial charge is 0.101 e. The van der Waals surface area contributed by atoms with Crippen molar-refractivity contribution in [2.75, 3.05) is 0 Å². The van der Waals surface area contributed by atoms with Gasteiger partial charge in [-0.3, -0.25) is 4.98 Å². The van der Waals surface area contributed by atoms with Crippen LogP contribution in [0.1, 0.15) is 22.4 Å². The molecule has 2 heterocycles. The van der Waals surface area contributed by atoms with Crippen molar-refractivity contribution >= 4 is 27.3 Å². The molecule has 2 nitrogen and oxygen atoms in total. The summed E-state index contributed by atoms with van der Waals surface area (Å²) < 4.78 is 0.952. The quantitative estimate of drug-likeness (QED) is 0.938. The fourth-order valence-corrected chi connectivity index (χ4v) is 2.82. The molecular formula is C13H14BrNOS. The van der Waals surface area contributed by atoms with Gasteiger partial charge in [0.1, 0.15) is 5.60 Å². The molecule has 2 aromatic heterocycles. The Bertz CT molecular complexity index is 504. The molecule has 0 aliphatic carbocycles. The highest BCUT2D eigenvalue weighted by molar-refractivity contribution is 9.10. The molecule has 0 aliphatic heterocycles. The van der Waals surface area contributed by atoms with Gasteiger partial charge >= 0.3 is 0 Å². The molecule has 0 fully saturated rings. The predicted octanol–water partition coefficient (Wildman–Crippen LogP) is 3.66. The number of rotatable bonds is 3. The van der Waals surface area contributed by atoms with Crippen LogP contribution in [0.4, 0.5) is 0 Å². The minimum absolute atomic E-state index is 0.528. The summed E-state index contributed by atoms with van der Waals surface area (Å²) in [5.41, 5.74) is 0.0454. The molecule has 90 valence electrons. The molecule has 0 amide bonds. The molecule has 4 heteroatoms. The maximum Gasteiger partial charge on any atom is 0.101 e. The molecule has 0 spiro atoms. The molecule has 1 unspecified atom stereocenters. The van der Waals surface area contributed by atoms with E-state index in [2.05, 4.69) is 20.9 Å². The maximum absolute atomic E-state index is 10.5. The number of pyridine rings is 1. The fourth-order valence-electron chi connectivity index (χ4n) is 1.67. The lowest BCUT2D eigenvalue weighted by atomic mass is 9.98. The minimum Gasteiger partial charge on any atom is -0.384 e. The third-order valence-corrected chi connectivity index (χ3v) is 4.31. The predicted molar refractivity (Wildman–Crippen MR) is 74.3 cm³/mol. The molecule has 0 bridgehead atoms. The molecule has 2 rings (SSSR count). The molecule has 0 saturated heterocycles. The van der Waals surface area contributed by atoms with Gasteiger partial charge in [0, 0.05) is 32.5 Å². The number of hydrogen-bond acceptors (Lipinski definition) is 3. The van der Waals surface area contributed by atoms with Crippen LogP contribution in [0.25, 0.3) is 0 Å². The third-order valence-electron chi connectivity index (χ3n) is 2.59. The number of aliphatic hydroxyl groups is 1. The van der Waals surface area contributed by atoms with E-state index in [0.717, 1.165) is 15.0 Å². The zero-order valence-corrected chi connectivity index (χ0v) is 12.2. The Morgan fingerprint density at radius 3 is 2.65 bits per heavy atom. The Balaban J connectivity index is 2.19. The summed E-state index contributed by atoms with van der Waals surface area (Å²) in [6.07, 6.45) is 2.28. The number of aromatic nitrogens is 1. The van der Waals surface area contributed by atoms with Gasteiger partial charge in [-0.15, -0.1) is 11.3 Å². The lowest BCUT2D eigenvalue weighted by molar-refractivity contribution is 0.0604. The molecule has 0 aromatic carbocycles. The fraction of sp³-hybridized carbons (Fsp3) is 0.308. The summed E-state index contributed by atoms with van der Waals surface area (Å²) in [6, 6.07) is 7.89. The van der Waals surface area contributed by atoms with Gasteiger partial charge in [0.2, 0.25) is 0 Å². The second-order valence-corrected chi connectivity index (χ2v) is 6.53. The second kappa shape index (κ2) is 4.88. The molecule has 1 atom stereocenters. The van der Waals surface area contributed by atoms with Crippen LogP contribution in [0, 0.1) is 6.92 Å². The Morgan fingerprint density at radius 2 is 2.12 bits per heavy atom. The molecule has 0 aliphatic rings. The van der Waals surface area contributed by atoms with E-state index in [1.54, 1.807) is 17.5 Å². The van der Waals surface area contributed by atoms with Crippen LogP contribution in [-0.4, -0.2) is 10.1 Å². The van der Waals surface area contributed by atoms with Gasteiger partial charge in [0.25, 0.3) is 0 Å². The van der Waals surface area contributed by atoms with E-state index >= 15 is 0 Å². The van der Waals surface area contributed by atoms with Gasteiger partial charge in [-0.2, -0.15) is 0 Å². The van der Waals surface area contributed by atoms with E-state index < -0.39 is 5.60 Å². The Morgan fingerprint density at radius 1 is 1.35 bits per heavy atom. The Labute approximate surface area is 113 Å². The summed E-state index contributed by atoms with van der Waals surface area (Å²) in [5, 5.41) is 10.5. The van der Waals surface area contributed by atoms with Crippen molar-refractivity contribution in [3.63, 3.8) is 0 Å². The molecular weight excluding hydrogens is 298 g/mol. The van der Waals surface area contributed by atoms with Crippen molar-refractivity contribution in [2.45, 2.75) is 25.9 Å². The summed E-state index contributed by atoms with van der Waals surface area (Å²) in [6.45, 7) is 3.88. The van der Waals surface area contributed by atoms with Gasteiger partial charge < -0.3 is 5.11 Å². The van der Waals surface area contributed by atoms with Crippen molar-refractivity contribution in [3.05, 3.63) is 50.4 Å². The highest BCUT2D eigenvalue weighted by Gasteiger charge is 2.25. The first-order valence-corrected chi connectivity index (χ1v) is 6.98. The van der Waals surface area contributed by atoms with Crippen LogP contribution in [0.5, 0.6) is 0 Å². The average molecular weight is 312 g/mol. The van der Waals surface area contributed by atoms with E-state index in [1.807, 2.05) is 38.1 Å². The number of hydrogen-bond donors (Lipinski definition) is 1. The van der Waals surface area contributed by atoms with Gasteiger partial charge in [-0.1, -0.05) is 0 Å². The van der Waals surface area contributed by atoms with Gasteiger partial charge in [-0.05, 0) is 54.0 Å². The summed E-state index contributed by atoms with van der Waals surface area (Å²) in [5.74, 6) is 0. The van der Waals surface area contributed by atoms with Gasteiger partial charge in [-0.25, -0.2) is 0 Å². The van der Waals surface area contributed by atoms with E-state index in [4.69, 9.17) is 0 Å². The van der Waals surface area contributed by atoms with Gasteiger partial charge in [0.05, 0.1) is 0 Å². The monoisotopic (exact) mass is 311 g/mol. The van der Waals surface area contributed by atoms with E-state index in [9.17, 15) is 5.11 Å². The van der Waals surface area contributed by atoms with Crippen LogP contribution in [0.15, 0.2) is 34.9 Å². The SMILES string of the molecule is Cc1ccc(C(C)(O)Cc2ccc(Br)cn2)s1. The highest BCUT2D eigenvalue weighted by atomic mass is 79.9. The topological polar surface area (TPSA) is 33.1 Å². The molecule has 17 heavy (non-hydrogen) atoms. The number of halogens is 1. The van der Waals surface area contributed by atoms with Crippen LogP contribution in [0.3, 0.4) is 0 Å². The van der Waals surface area contributed by atoms with Crippen molar-refractivity contribution in [2.24, 2.45) is 0 Å². The van der Waals surface area contributed by atoms with Crippen LogP contribution < -0.4 is 0 Å². The largest absolute Gasteiger partial charge is 0.384 e. The Kier molecular flexibility index (Phi) is 3.66. The zero-order chi connectivity index (χ0) is 12.5. The van der Waals surface area contributed by atoms with Crippen LogP contribution in [0.2, 0.25) is 0 Å². The maximum atomic E-state index is 10.5. The van der Waals surface area contributed by atoms with Crippen molar-refractivity contribution in [1.82, 2.24) is 4.98 Å². The summed E-state index contributed by atoms with van der Waals surface area (Å²) in [4.78, 5) is 6.49. The van der Waals surface area contributed by atoms with Gasteiger partial charge in [0.15, 0.2) is 0 Å². The molecule has 0 radical (unpaired) electrons. The minimum atomic E-state index is -0.847. The second-order valence-electron chi connectivity index (χ2n) is 4.33. The molecule has 0 saturated carbocycles. The number of aryl methyl sites for hydroxylation is 1. The first-order valence-electron chi connectivity index (χ1n) is 5.37. The Hall–Kier alpha value is -0.710. The first-order chi connectivity index (χ1) is 7.97. The van der Waals surface area contributed by atoms with Crippen molar-refractivity contribution in [1.29, 1.82) is 0 Å². The first kappa shape index (κ1) is 12.7. The molecule has 2 aromatic rings. The van der Waals surface area contributed by atoms with Crippen molar-refractivity contribution in [3.8, 4) is 0 Å². The normalized spacial score (nSPS) is 14.6. The number of thiophene rings is 1. The van der Waals surface area contributed by atoms with Crippen LogP contribution in [-0.2, 0) is 12.0 Å². The standard InChI is InChI=1S/C13H14BrNOS/c1-9-3-6-12(17-9)13(2,16)7-11-5-4-10(14)8-15-11/h3-6,8,16H,7H2,1-2H3. The van der Waals surface area contributed by atoms with E-state index in [-0.39, 0.29) is 0 Å². The number of nitrogens with zero attached hydrogens (tertiary/aromatic N) is 1. The van der Waals surface area contributed by atoms with E-state index in [1.165, 1.54) is 4.88 Å². The molecule has 1 N–H and O–H groups in total. The summed E-state index contributed by atoms with van der Waals surface area (Å²) in [7, 11) is 0. The van der Waals surface area contributed by atoms with Crippen LogP contribution >= 0.6 is 27.3 Å². The van der Waals surface area contributed by atoms with E-state index in [0.29, 0.717) is 6.42 Å². The average Bonchev–Trinajstić information content (AvgIpc) is 2.69. The third kappa shape index (κ3) is 3.15. The lowest BCUT2D eigenvalue weighted by Gasteiger charge is -2.21.